The monoisotopic (exact) mass is 427 g/mol. The van der Waals surface area contributed by atoms with Gasteiger partial charge in [0.05, 0.1) is 25.3 Å². The molecule has 0 aliphatic heterocycles. The fourth-order valence-electron chi connectivity index (χ4n) is 3.54. The molecule has 0 fully saturated rings. The molecule has 1 amide bonds. The van der Waals surface area contributed by atoms with Crippen LogP contribution >= 0.6 is 0 Å². The number of carbonyl (C=O) groups excluding carboxylic acids is 2. The van der Waals surface area contributed by atoms with Crippen LogP contribution in [0, 0.1) is 0 Å². The van der Waals surface area contributed by atoms with Crippen LogP contribution in [0.15, 0.2) is 40.1 Å². The van der Waals surface area contributed by atoms with Crippen molar-refractivity contribution in [2.75, 3.05) is 14.2 Å². The van der Waals surface area contributed by atoms with Crippen LogP contribution < -0.4 is 21.6 Å². The summed E-state index contributed by atoms with van der Waals surface area (Å²) in [5, 5.41) is 11.3. The minimum Gasteiger partial charge on any atom is -0.506 e. The Morgan fingerprint density at radius 3 is 2.55 bits per heavy atom. The van der Waals surface area contributed by atoms with E-state index in [4.69, 9.17) is 10.5 Å². The number of rotatable bonds is 6. The fourth-order valence-corrected chi connectivity index (χ4v) is 3.54. The zero-order valence-corrected chi connectivity index (χ0v) is 17.1. The Kier molecular flexibility index (Phi) is 5.82. The number of ether oxygens (including phenoxy) is 2. The summed E-state index contributed by atoms with van der Waals surface area (Å²) >= 11 is 0. The first-order valence-electron chi connectivity index (χ1n) is 9.18. The van der Waals surface area contributed by atoms with Crippen LogP contribution in [-0.4, -0.2) is 40.8 Å². The van der Waals surface area contributed by atoms with Gasteiger partial charge in [-0.25, -0.2) is 4.79 Å². The molecule has 0 unspecified atom stereocenters. The highest BCUT2D eigenvalue weighted by atomic mass is 16.5. The van der Waals surface area contributed by atoms with Crippen LogP contribution in [0.2, 0.25) is 0 Å². The normalized spacial score (nSPS) is 11.8. The number of nitrogens with two attached hydrogens (primary N) is 1. The number of primary amides is 1. The first-order valence-corrected chi connectivity index (χ1v) is 9.18. The Hall–Kier alpha value is -4.08. The number of nitrogens with one attached hydrogen (secondary N) is 1. The second kappa shape index (κ2) is 8.34. The van der Waals surface area contributed by atoms with E-state index in [1.54, 1.807) is 18.2 Å². The largest absolute Gasteiger partial charge is 0.506 e. The Bertz CT molecular complexity index is 1310. The average Bonchev–Trinajstić information content (AvgIpc) is 2.74. The number of benzene rings is 1. The highest BCUT2D eigenvalue weighted by Gasteiger charge is 2.29. The van der Waals surface area contributed by atoms with Gasteiger partial charge in [-0.3, -0.25) is 14.4 Å². The van der Waals surface area contributed by atoms with Crippen molar-refractivity contribution >= 4 is 22.8 Å². The number of amides is 1. The van der Waals surface area contributed by atoms with Gasteiger partial charge in [-0.05, 0) is 23.6 Å². The second-order valence-electron chi connectivity index (χ2n) is 6.90. The third-order valence-corrected chi connectivity index (χ3v) is 5.10. The van der Waals surface area contributed by atoms with E-state index in [9.17, 15) is 24.3 Å². The molecule has 2 aromatic heterocycles. The summed E-state index contributed by atoms with van der Waals surface area (Å²) < 4.78 is 11.1. The number of aromatic nitrogens is 2. The van der Waals surface area contributed by atoms with Crippen LogP contribution in [0.1, 0.15) is 33.8 Å². The summed E-state index contributed by atoms with van der Waals surface area (Å²) in [5.74, 6) is -3.03. The number of methoxy groups -OCH3 is 2. The number of hydrogen-bond donors (Lipinski definition) is 3. The number of fused-ring (bicyclic) bond motifs is 1. The number of pyridine rings is 2. The van der Waals surface area contributed by atoms with Crippen LogP contribution in [0.5, 0.6) is 11.5 Å². The van der Waals surface area contributed by atoms with Gasteiger partial charge in [-0.2, -0.15) is 0 Å². The van der Waals surface area contributed by atoms with Crippen LogP contribution in [0.25, 0.3) is 10.9 Å². The number of aromatic hydroxyl groups is 1. The lowest BCUT2D eigenvalue weighted by atomic mass is 9.87. The maximum atomic E-state index is 13.2. The third-order valence-electron chi connectivity index (χ3n) is 5.10. The van der Waals surface area contributed by atoms with E-state index in [1.165, 1.54) is 24.8 Å². The molecular formula is C21H21N3O7. The van der Waals surface area contributed by atoms with Crippen molar-refractivity contribution in [2.24, 2.45) is 12.8 Å². The molecule has 0 radical (unpaired) electrons. The molecule has 0 saturated heterocycles. The van der Waals surface area contributed by atoms with E-state index < -0.39 is 41.1 Å². The number of aromatic amines is 1. The molecule has 1 aromatic carbocycles. The van der Waals surface area contributed by atoms with Gasteiger partial charge in [-0.15, -0.1) is 0 Å². The van der Waals surface area contributed by atoms with Gasteiger partial charge in [0.1, 0.15) is 17.1 Å². The zero-order valence-electron chi connectivity index (χ0n) is 17.1. The minimum atomic E-state index is -1.20. The number of nitrogens with zero attached hydrogens (tertiary/aromatic N) is 1. The molecule has 0 bridgehead atoms. The molecule has 3 aromatic rings. The third kappa shape index (κ3) is 3.87. The van der Waals surface area contributed by atoms with E-state index in [1.807, 2.05) is 0 Å². The maximum Gasteiger partial charge on any atom is 0.343 e. The van der Waals surface area contributed by atoms with Crippen molar-refractivity contribution in [1.29, 1.82) is 0 Å². The van der Waals surface area contributed by atoms with Crippen molar-refractivity contribution in [1.82, 2.24) is 9.55 Å². The molecule has 0 aliphatic rings. The summed E-state index contributed by atoms with van der Waals surface area (Å²) in [7, 11) is 4.14. The van der Waals surface area contributed by atoms with Gasteiger partial charge in [0.2, 0.25) is 5.91 Å². The number of aryl methyl sites for hydroxylation is 1. The van der Waals surface area contributed by atoms with E-state index in [0.717, 1.165) is 13.3 Å². The molecule has 3 rings (SSSR count). The predicted octanol–water partition coefficient (Wildman–Crippen LogP) is 0.735. The first kappa shape index (κ1) is 21.6. The van der Waals surface area contributed by atoms with Gasteiger partial charge in [-0.1, -0.05) is 0 Å². The summed E-state index contributed by atoms with van der Waals surface area (Å²) in [4.78, 5) is 51.9. The Balaban J connectivity index is 2.34. The van der Waals surface area contributed by atoms with Crippen molar-refractivity contribution < 1.29 is 24.2 Å². The predicted molar refractivity (Wildman–Crippen MR) is 111 cm³/mol. The molecule has 2 heterocycles. The topological polar surface area (TPSA) is 154 Å². The van der Waals surface area contributed by atoms with Gasteiger partial charge in [0, 0.05) is 37.2 Å². The molecule has 10 nitrogen and oxygen atoms in total. The Labute approximate surface area is 175 Å². The van der Waals surface area contributed by atoms with Crippen molar-refractivity contribution in [2.45, 2.75) is 12.3 Å². The number of hydrogen-bond acceptors (Lipinski definition) is 7. The summed E-state index contributed by atoms with van der Waals surface area (Å²) in [5.41, 5.74) is 4.09. The molecule has 0 saturated carbocycles. The lowest BCUT2D eigenvalue weighted by Crippen LogP contribution is -2.30. The molecule has 4 N–H and O–H groups in total. The second-order valence-corrected chi connectivity index (χ2v) is 6.90. The molecular weight excluding hydrogens is 406 g/mol. The fraction of sp³-hybridized carbons (Fsp3) is 0.238. The number of carbonyl (C=O) groups is 2. The van der Waals surface area contributed by atoms with Gasteiger partial charge in [0.15, 0.2) is 0 Å². The smallest absolute Gasteiger partial charge is 0.343 e. The Morgan fingerprint density at radius 2 is 1.94 bits per heavy atom. The molecule has 0 spiro atoms. The first-order chi connectivity index (χ1) is 14.7. The molecule has 10 heteroatoms. The summed E-state index contributed by atoms with van der Waals surface area (Å²) in [6, 6.07) is 6.61. The quantitative estimate of drug-likeness (QED) is 0.490. The van der Waals surface area contributed by atoms with Crippen LogP contribution in [0.3, 0.4) is 0 Å². The van der Waals surface area contributed by atoms with Crippen molar-refractivity contribution in [3.8, 4) is 11.5 Å². The number of H-pyrrole nitrogens is 1. The summed E-state index contributed by atoms with van der Waals surface area (Å²) in [6.07, 6.45) is 0.553. The van der Waals surface area contributed by atoms with E-state index in [-0.39, 0.29) is 16.7 Å². The van der Waals surface area contributed by atoms with Gasteiger partial charge < -0.3 is 29.9 Å². The van der Waals surface area contributed by atoms with E-state index in [2.05, 4.69) is 9.72 Å². The average molecular weight is 427 g/mol. The molecule has 162 valence electrons. The maximum absolute atomic E-state index is 13.2. The van der Waals surface area contributed by atoms with Crippen molar-refractivity contribution in [3.05, 3.63) is 67.9 Å². The molecule has 31 heavy (non-hydrogen) atoms. The standard InChI is InChI=1S/C21H21N3O7/c1-24-15-7-11(30-2)5-4-10(15)6-13(20(24)28)12(8-16(22)25)17-18(26)14(21(29)31-3)9-23-19(17)27/h4-7,9,12H,8H2,1-3H3,(H2,22,25)(H2,23,26,27)/t12-/m0/s1. The lowest BCUT2D eigenvalue weighted by molar-refractivity contribution is -0.118. The van der Waals surface area contributed by atoms with Gasteiger partial charge in [0.25, 0.3) is 11.1 Å². The Morgan fingerprint density at radius 1 is 1.23 bits per heavy atom. The SMILES string of the molecule is COC(=O)c1c[nH]c(=O)c([C@@H](CC(N)=O)c2cc3ccc(OC)cc3n(C)c2=O)c1O. The summed E-state index contributed by atoms with van der Waals surface area (Å²) in [6.45, 7) is 0. The van der Waals surface area contributed by atoms with Crippen molar-refractivity contribution in [3.63, 3.8) is 0 Å². The highest BCUT2D eigenvalue weighted by Crippen LogP contribution is 2.33. The van der Waals surface area contributed by atoms with E-state index in [0.29, 0.717) is 16.7 Å². The highest BCUT2D eigenvalue weighted by molar-refractivity contribution is 5.92. The zero-order chi connectivity index (χ0) is 22.9. The van der Waals surface area contributed by atoms with Crippen LogP contribution in [-0.2, 0) is 16.6 Å². The van der Waals surface area contributed by atoms with Crippen LogP contribution in [0.4, 0.5) is 0 Å². The van der Waals surface area contributed by atoms with Gasteiger partial charge >= 0.3 is 5.97 Å². The van der Waals surface area contributed by atoms with E-state index >= 15 is 0 Å². The number of esters is 1. The molecule has 1 atom stereocenters. The lowest BCUT2D eigenvalue weighted by Gasteiger charge is -2.19. The minimum absolute atomic E-state index is 0.0572. The molecule has 0 aliphatic carbocycles.